The molecule has 2 aromatic heterocycles. The van der Waals surface area contributed by atoms with E-state index in [2.05, 4.69) is 37.2 Å². The van der Waals surface area contributed by atoms with E-state index in [1.54, 1.807) is 6.20 Å². The van der Waals surface area contributed by atoms with Crippen LogP contribution in [0.3, 0.4) is 0 Å². The highest BCUT2D eigenvalue weighted by Crippen LogP contribution is 2.55. The van der Waals surface area contributed by atoms with Gasteiger partial charge in [0.15, 0.2) is 0 Å². The summed E-state index contributed by atoms with van der Waals surface area (Å²) < 4.78 is 9.57. The summed E-state index contributed by atoms with van der Waals surface area (Å²) in [5.41, 5.74) is 1.85. The maximum Gasteiger partial charge on any atom is 0.257 e. The predicted octanol–water partition coefficient (Wildman–Crippen LogP) is 3.16. The van der Waals surface area contributed by atoms with E-state index in [1.807, 2.05) is 26.7 Å². The molecule has 2 aliphatic heterocycles. The van der Waals surface area contributed by atoms with Crippen LogP contribution in [0.25, 0.3) is 0 Å². The summed E-state index contributed by atoms with van der Waals surface area (Å²) in [6.45, 7) is 8.75. The quantitative estimate of drug-likeness (QED) is 0.817. The van der Waals surface area contributed by atoms with Crippen molar-refractivity contribution in [2.75, 3.05) is 19.8 Å². The SMILES string of the molecule is CC(C)(C)n1cc(C2N(C(=O)c3cnn(C4CC4)c3)CC23CCOCC3)cn1. The van der Waals surface area contributed by atoms with Gasteiger partial charge in [-0.2, -0.15) is 10.2 Å². The summed E-state index contributed by atoms with van der Waals surface area (Å²) in [7, 11) is 0. The van der Waals surface area contributed by atoms with Crippen LogP contribution >= 0.6 is 0 Å². The van der Waals surface area contributed by atoms with Crippen LogP contribution < -0.4 is 0 Å². The minimum atomic E-state index is -0.0783. The first-order chi connectivity index (χ1) is 13.4. The van der Waals surface area contributed by atoms with Crippen molar-refractivity contribution in [1.29, 1.82) is 0 Å². The van der Waals surface area contributed by atoms with Crippen LogP contribution in [0.4, 0.5) is 0 Å². The van der Waals surface area contributed by atoms with E-state index >= 15 is 0 Å². The lowest BCUT2D eigenvalue weighted by atomic mass is 9.64. The van der Waals surface area contributed by atoms with Crippen molar-refractivity contribution in [3.05, 3.63) is 35.9 Å². The molecule has 0 bridgehead atoms. The minimum Gasteiger partial charge on any atom is -0.381 e. The van der Waals surface area contributed by atoms with E-state index in [0.29, 0.717) is 11.6 Å². The van der Waals surface area contributed by atoms with E-state index in [4.69, 9.17) is 4.74 Å². The Bertz CT molecular complexity index is 883. The number of aromatic nitrogens is 4. The van der Waals surface area contributed by atoms with Gasteiger partial charge in [0.1, 0.15) is 0 Å². The first kappa shape index (κ1) is 17.9. The highest BCUT2D eigenvalue weighted by molar-refractivity contribution is 5.94. The molecule has 1 saturated carbocycles. The molecule has 2 saturated heterocycles. The summed E-state index contributed by atoms with van der Waals surface area (Å²) in [4.78, 5) is 15.3. The maximum atomic E-state index is 13.3. The lowest BCUT2D eigenvalue weighted by Crippen LogP contribution is -2.62. The van der Waals surface area contributed by atoms with E-state index in [-0.39, 0.29) is 22.9 Å². The smallest absolute Gasteiger partial charge is 0.257 e. The predicted molar refractivity (Wildman–Crippen MR) is 104 cm³/mol. The molecular weight excluding hydrogens is 354 g/mol. The van der Waals surface area contributed by atoms with E-state index in [1.165, 1.54) is 0 Å². The Labute approximate surface area is 165 Å². The van der Waals surface area contributed by atoms with Crippen molar-refractivity contribution in [3.8, 4) is 0 Å². The standard InChI is InChI=1S/C21H29N5O2/c1-20(2,3)26-13-15(10-23-26)18-21(6-8-28-9-7-21)14-24(18)19(27)16-11-22-25(12-16)17-4-5-17/h10-13,17-18H,4-9,14H2,1-3H3. The summed E-state index contributed by atoms with van der Waals surface area (Å²) >= 11 is 0. The number of hydrogen-bond acceptors (Lipinski definition) is 4. The van der Waals surface area contributed by atoms with Gasteiger partial charge in [0.2, 0.25) is 0 Å². The number of likely N-dealkylation sites (tertiary alicyclic amines) is 1. The molecule has 28 heavy (non-hydrogen) atoms. The minimum absolute atomic E-state index is 0.0595. The Hall–Kier alpha value is -2.15. The molecule has 3 fully saturated rings. The third-order valence-corrected chi connectivity index (χ3v) is 6.50. The molecule has 1 atom stereocenters. The molecule has 1 amide bonds. The van der Waals surface area contributed by atoms with Gasteiger partial charge < -0.3 is 9.64 Å². The van der Waals surface area contributed by atoms with Crippen LogP contribution in [-0.2, 0) is 10.3 Å². The number of ether oxygens (including phenoxy) is 1. The lowest BCUT2D eigenvalue weighted by molar-refractivity contribution is -0.115. The Kier molecular flexibility index (Phi) is 3.95. The fraction of sp³-hybridized carbons (Fsp3) is 0.667. The van der Waals surface area contributed by atoms with Gasteiger partial charge in [-0.25, -0.2) is 0 Å². The van der Waals surface area contributed by atoms with Gasteiger partial charge in [0.25, 0.3) is 5.91 Å². The summed E-state index contributed by atoms with van der Waals surface area (Å²) in [6.07, 6.45) is 12.0. The third kappa shape index (κ3) is 2.87. The molecule has 3 aliphatic rings. The Balaban J connectivity index is 1.45. The second-order valence-electron chi connectivity index (χ2n) is 9.64. The maximum absolute atomic E-state index is 13.3. The van der Waals surface area contributed by atoms with Crippen LogP contribution in [-0.4, -0.2) is 50.1 Å². The molecule has 0 radical (unpaired) electrons. The van der Waals surface area contributed by atoms with Gasteiger partial charge in [-0.3, -0.25) is 14.2 Å². The van der Waals surface area contributed by atoms with Crippen LogP contribution in [0, 0.1) is 5.41 Å². The number of carbonyl (C=O) groups excluding carboxylic acids is 1. The second kappa shape index (κ2) is 6.17. The zero-order chi connectivity index (χ0) is 19.5. The van der Waals surface area contributed by atoms with Gasteiger partial charge in [-0.15, -0.1) is 0 Å². The fourth-order valence-electron chi connectivity index (χ4n) is 4.67. The van der Waals surface area contributed by atoms with Crippen LogP contribution in [0.2, 0.25) is 0 Å². The summed E-state index contributed by atoms with van der Waals surface area (Å²) in [5, 5.41) is 9.01. The van der Waals surface area contributed by atoms with Gasteiger partial charge >= 0.3 is 0 Å². The fourth-order valence-corrected chi connectivity index (χ4v) is 4.67. The number of hydrogen-bond donors (Lipinski definition) is 0. The van der Waals surface area contributed by atoms with Crippen molar-refractivity contribution in [1.82, 2.24) is 24.5 Å². The van der Waals surface area contributed by atoms with Gasteiger partial charge in [0, 0.05) is 43.1 Å². The van der Waals surface area contributed by atoms with Crippen LogP contribution in [0.15, 0.2) is 24.8 Å². The number of nitrogens with zero attached hydrogens (tertiary/aromatic N) is 5. The molecule has 1 unspecified atom stereocenters. The average molecular weight is 383 g/mol. The summed E-state index contributed by atoms with van der Waals surface area (Å²) in [5.74, 6) is 0.0810. The molecule has 1 aliphatic carbocycles. The van der Waals surface area contributed by atoms with Gasteiger partial charge in [0.05, 0.1) is 35.6 Å². The first-order valence-electron chi connectivity index (χ1n) is 10.4. The first-order valence-corrected chi connectivity index (χ1v) is 10.4. The highest BCUT2D eigenvalue weighted by atomic mass is 16.5. The van der Waals surface area contributed by atoms with E-state index in [9.17, 15) is 4.79 Å². The second-order valence-corrected chi connectivity index (χ2v) is 9.64. The van der Waals surface area contributed by atoms with Crippen molar-refractivity contribution in [3.63, 3.8) is 0 Å². The average Bonchev–Trinajstić information content (AvgIpc) is 3.17. The van der Waals surface area contributed by atoms with Gasteiger partial charge in [-0.05, 0) is 46.5 Å². The van der Waals surface area contributed by atoms with E-state index < -0.39 is 0 Å². The molecule has 7 heteroatoms. The molecular formula is C21H29N5O2. The zero-order valence-corrected chi connectivity index (χ0v) is 17.0. The largest absolute Gasteiger partial charge is 0.381 e. The zero-order valence-electron chi connectivity index (χ0n) is 17.0. The Morgan fingerprint density at radius 2 is 1.89 bits per heavy atom. The Morgan fingerprint density at radius 3 is 2.54 bits per heavy atom. The molecule has 7 nitrogen and oxygen atoms in total. The molecule has 150 valence electrons. The number of rotatable bonds is 3. The topological polar surface area (TPSA) is 65.2 Å². The molecule has 4 heterocycles. The molecule has 2 aromatic rings. The van der Waals surface area contributed by atoms with Crippen molar-refractivity contribution in [2.45, 2.75) is 64.1 Å². The molecule has 1 spiro atoms. The monoisotopic (exact) mass is 383 g/mol. The Morgan fingerprint density at radius 1 is 1.14 bits per heavy atom. The van der Waals surface area contributed by atoms with Crippen molar-refractivity contribution in [2.24, 2.45) is 5.41 Å². The van der Waals surface area contributed by atoms with Crippen molar-refractivity contribution < 1.29 is 9.53 Å². The van der Waals surface area contributed by atoms with E-state index in [0.717, 1.165) is 51.0 Å². The number of amides is 1. The van der Waals surface area contributed by atoms with Crippen molar-refractivity contribution >= 4 is 5.91 Å². The lowest BCUT2D eigenvalue weighted by Gasteiger charge is -2.58. The number of carbonyl (C=O) groups is 1. The molecule has 5 rings (SSSR count). The van der Waals surface area contributed by atoms with Crippen LogP contribution in [0.5, 0.6) is 0 Å². The molecule has 0 N–H and O–H groups in total. The third-order valence-electron chi connectivity index (χ3n) is 6.50. The van der Waals surface area contributed by atoms with Crippen LogP contribution in [0.1, 0.15) is 74.5 Å². The summed E-state index contributed by atoms with van der Waals surface area (Å²) in [6, 6.07) is 0.546. The molecule has 0 aromatic carbocycles. The normalized spacial score (nSPS) is 24.4. The highest BCUT2D eigenvalue weighted by Gasteiger charge is 2.56. The van der Waals surface area contributed by atoms with Gasteiger partial charge in [-0.1, -0.05) is 0 Å².